The van der Waals surface area contributed by atoms with Gasteiger partial charge in [0.1, 0.15) is 0 Å². The quantitative estimate of drug-likeness (QED) is 0.377. The molecular weight excluding hydrogens is 470 g/mol. The number of anilines is 1. The van der Waals surface area contributed by atoms with Crippen LogP contribution in [0.2, 0.25) is 0 Å². The Morgan fingerprint density at radius 2 is 1.71 bits per heavy atom. The number of thioether (sulfide) groups is 1. The lowest BCUT2D eigenvalue weighted by atomic mass is 10.2. The van der Waals surface area contributed by atoms with E-state index < -0.39 is 10.0 Å². The van der Waals surface area contributed by atoms with Crippen LogP contribution in [-0.4, -0.2) is 34.8 Å². The van der Waals surface area contributed by atoms with E-state index in [9.17, 15) is 13.2 Å². The Kier molecular flexibility index (Phi) is 6.82. The number of carbonyl (C=O) groups is 1. The minimum Gasteiger partial charge on any atom is -0.325 e. The molecule has 0 saturated heterocycles. The van der Waals surface area contributed by atoms with E-state index in [1.165, 1.54) is 17.8 Å². The number of aryl methyl sites for hydroxylation is 2. The first-order chi connectivity index (χ1) is 16.2. The van der Waals surface area contributed by atoms with Crippen LogP contribution < -0.4 is 10.5 Å². The Hall–Kier alpha value is -3.47. The van der Waals surface area contributed by atoms with Crippen LogP contribution in [0.5, 0.6) is 0 Å². The number of hydrogen-bond acceptors (Lipinski definition) is 6. The first-order valence-electron chi connectivity index (χ1n) is 10.4. The van der Waals surface area contributed by atoms with E-state index in [2.05, 4.69) is 15.5 Å². The second-order valence-corrected chi connectivity index (χ2v) is 10.2. The van der Waals surface area contributed by atoms with E-state index in [1.807, 2.05) is 66.1 Å². The van der Waals surface area contributed by atoms with E-state index in [4.69, 9.17) is 5.14 Å². The van der Waals surface area contributed by atoms with Gasteiger partial charge in [-0.15, -0.1) is 10.2 Å². The molecule has 0 fully saturated rings. The molecule has 8 nitrogen and oxygen atoms in total. The molecule has 0 bridgehead atoms. The molecule has 0 unspecified atom stereocenters. The van der Waals surface area contributed by atoms with Gasteiger partial charge in [0.2, 0.25) is 15.9 Å². The number of nitrogens with two attached hydrogens (primary N) is 1. The Bertz CT molecular complexity index is 1430. The topological polar surface area (TPSA) is 120 Å². The summed E-state index contributed by atoms with van der Waals surface area (Å²) in [6.45, 7) is 3.66. The monoisotopic (exact) mass is 493 g/mol. The molecule has 10 heteroatoms. The van der Waals surface area contributed by atoms with Crippen LogP contribution in [0.4, 0.5) is 5.69 Å². The standard InChI is InChI=1S/C24H23N5O3S2/c1-16-8-12-20(13-9-16)29-23(18-6-4-3-5-7-18)27-28-24(29)33-15-22(30)26-19-11-10-17(2)21(14-19)34(25,31)32/h3-14H,15H2,1-2H3,(H,26,30)(H2,25,31,32). The average molecular weight is 494 g/mol. The number of aromatic nitrogens is 3. The predicted octanol–water partition coefficient (Wildman–Crippen LogP) is 3.93. The summed E-state index contributed by atoms with van der Waals surface area (Å²) < 4.78 is 25.4. The normalized spacial score (nSPS) is 11.4. The first-order valence-corrected chi connectivity index (χ1v) is 12.9. The Labute approximate surface area is 202 Å². The highest BCUT2D eigenvalue weighted by molar-refractivity contribution is 7.99. The Balaban J connectivity index is 1.57. The molecule has 34 heavy (non-hydrogen) atoms. The Morgan fingerprint density at radius 1 is 1.00 bits per heavy atom. The molecule has 1 aromatic heterocycles. The van der Waals surface area contributed by atoms with Gasteiger partial charge in [0, 0.05) is 16.9 Å². The van der Waals surface area contributed by atoms with Crippen LogP contribution in [0.25, 0.3) is 17.1 Å². The average Bonchev–Trinajstić information content (AvgIpc) is 3.23. The van der Waals surface area contributed by atoms with E-state index in [-0.39, 0.29) is 16.6 Å². The summed E-state index contributed by atoms with van der Waals surface area (Å²) in [7, 11) is -3.89. The number of sulfonamides is 1. The molecule has 0 radical (unpaired) electrons. The van der Waals surface area contributed by atoms with Crippen molar-refractivity contribution in [3.05, 3.63) is 83.9 Å². The van der Waals surface area contributed by atoms with Crippen molar-refractivity contribution in [2.45, 2.75) is 23.9 Å². The molecule has 0 aliphatic rings. The molecule has 0 atom stereocenters. The SMILES string of the molecule is Cc1ccc(-n2c(SCC(=O)Nc3ccc(C)c(S(N)(=O)=O)c3)nnc2-c2ccccc2)cc1. The fourth-order valence-electron chi connectivity index (χ4n) is 3.38. The number of nitrogens with one attached hydrogen (secondary N) is 1. The number of amides is 1. The summed E-state index contributed by atoms with van der Waals surface area (Å²) in [6, 6.07) is 22.3. The minimum atomic E-state index is -3.89. The van der Waals surface area contributed by atoms with Gasteiger partial charge in [0.05, 0.1) is 10.6 Å². The van der Waals surface area contributed by atoms with E-state index >= 15 is 0 Å². The Morgan fingerprint density at radius 3 is 2.38 bits per heavy atom. The summed E-state index contributed by atoms with van der Waals surface area (Å²) in [6.07, 6.45) is 0. The molecule has 3 N–H and O–H groups in total. The lowest BCUT2D eigenvalue weighted by Crippen LogP contribution is -2.17. The molecule has 0 aliphatic carbocycles. The highest BCUT2D eigenvalue weighted by Crippen LogP contribution is 2.28. The molecular formula is C24H23N5O3S2. The molecule has 4 rings (SSSR count). The highest BCUT2D eigenvalue weighted by atomic mass is 32.2. The zero-order valence-electron chi connectivity index (χ0n) is 18.6. The third kappa shape index (κ3) is 5.36. The van der Waals surface area contributed by atoms with Gasteiger partial charge in [-0.05, 0) is 43.7 Å². The lowest BCUT2D eigenvalue weighted by Gasteiger charge is -2.11. The maximum atomic E-state index is 12.6. The van der Waals surface area contributed by atoms with Crippen molar-refractivity contribution in [1.29, 1.82) is 0 Å². The zero-order valence-corrected chi connectivity index (χ0v) is 20.2. The van der Waals surface area contributed by atoms with Gasteiger partial charge in [0.25, 0.3) is 0 Å². The zero-order chi connectivity index (χ0) is 24.3. The first kappa shape index (κ1) is 23.7. The van der Waals surface area contributed by atoms with Crippen LogP contribution in [0.1, 0.15) is 11.1 Å². The van der Waals surface area contributed by atoms with Crippen molar-refractivity contribution in [2.75, 3.05) is 11.1 Å². The second kappa shape index (κ2) is 9.80. The van der Waals surface area contributed by atoms with Crippen molar-refractivity contribution in [2.24, 2.45) is 5.14 Å². The fraction of sp³-hybridized carbons (Fsp3) is 0.125. The molecule has 174 valence electrons. The van der Waals surface area contributed by atoms with Gasteiger partial charge in [-0.1, -0.05) is 65.9 Å². The number of rotatable bonds is 7. The number of primary sulfonamides is 1. The molecule has 4 aromatic rings. The maximum absolute atomic E-state index is 12.6. The number of benzene rings is 3. The smallest absolute Gasteiger partial charge is 0.238 e. The largest absolute Gasteiger partial charge is 0.325 e. The van der Waals surface area contributed by atoms with Crippen molar-refractivity contribution >= 4 is 33.4 Å². The van der Waals surface area contributed by atoms with Gasteiger partial charge in [-0.25, -0.2) is 13.6 Å². The summed E-state index contributed by atoms with van der Waals surface area (Å²) in [5.41, 5.74) is 3.78. The van der Waals surface area contributed by atoms with Crippen LogP contribution in [-0.2, 0) is 14.8 Å². The molecule has 1 amide bonds. The van der Waals surface area contributed by atoms with Crippen molar-refractivity contribution < 1.29 is 13.2 Å². The predicted molar refractivity (Wildman–Crippen MR) is 133 cm³/mol. The third-order valence-electron chi connectivity index (χ3n) is 5.07. The van der Waals surface area contributed by atoms with Crippen molar-refractivity contribution in [3.63, 3.8) is 0 Å². The van der Waals surface area contributed by atoms with Gasteiger partial charge < -0.3 is 5.32 Å². The van der Waals surface area contributed by atoms with E-state index in [1.54, 1.807) is 19.1 Å². The van der Waals surface area contributed by atoms with Crippen LogP contribution >= 0.6 is 11.8 Å². The number of hydrogen-bond donors (Lipinski definition) is 2. The highest BCUT2D eigenvalue weighted by Gasteiger charge is 2.18. The van der Waals surface area contributed by atoms with E-state index in [0.29, 0.717) is 22.2 Å². The van der Waals surface area contributed by atoms with Gasteiger partial charge >= 0.3 is 0 Å². The molecule has 0 aliphatic heterocycles. The van der Waals surface area contributed by atoms with Gasteiger partial charge in [0.15, 0.2) is 11.0 Å². The van der Waals surface area contributed by atoms with Crippen LogP contribution in [0, 0.1) is 13.8 Å². The lowest BCUT2D eigenvalue weighted by molar-refractivity contribution is -0.113. The van der Waals surface area contributed by atoms with Crippen LogP contribution in [0.15, 0.2) is 82.8 Å². The molecule has 0 saturated carbocycles. The van der Waals surface area contributed by atoms with Crippen molar-refractivity contribution in [3.8, 4) is 17.1 Å². The fourth-order valence-corrected chi connectivity index (χ4v) is 4.94. The number of nitrogens with zero attached hydrogens (tertiary/aromatic N) is 3. The summed E-state index contributed by atoms with van der Waals surface area (Å²) >= 11 is 1.24. The number of carbonyl (C=O) groups excluding carboxylic acids is 1. The second-order valence-electron chi connectivity index (χ2n) is 7.71. The minimum absolute atomic E-state index is 0.0235. The van der Waals surface area contributed by atoms with Gasteiger partial charge in [-0.3, -0.25) is 9.36 Å². The maximum Gasteiger partial charge on any atom is 0.238 e. The molecule has 0 spiro atoms. The van der Waals surface area contributed by atoms with Crippen LogP contribution in [0.3, 0.4) is 0 Å². The molecule has 3 aromatic carbocycles. The summed E-state index contributed by atoms with van der Waals surface area (Å²) in [5.74, 6) is 0.412. The molecule has 1 heterocycles. The summed E-state index contributed by atoms with van der Waals surface area (Å²) in [5, 5.41) is 17.2. The third-order valence-corrected chi connectivity index (χ3v) is 7.05. The van der Waals surface area contributed by atoms with Gasteiger partial charge in [-0.2, -0.15) is 0 Å². The van der Waals surface area contributed by atoms with Crippen molar-refractivity contribution in [1.82, 2.24) is 14.8 Å². The summed E-state index contributed by atoms with van der Waals surface area (Å²) in [4.78, 5) is 12.6. The van der Waals surface area contributed by atoms with E-state index in [0.717, 1.165) is 16.8 Å².